The van der Waals surface area contributed by atoms with Gasteiger partial charge in [0.05, 0.1) is 12.0 Å². The minimum Gasteiger partial charge on any atom is -0.342 e. The van der Waals surface area contributed by atoms with Gasteiger partial charge in [0.25, 0.3) is 0 Å². The first kappa shape index (κ1) is 18.1. The Morgan fingerprint density at radius 3 is 2.85 bits per heavy atom. The Hall–Kier alpha value is -2.28. The summed E-state index contributed by atoms with van der Waals surface area (Å²) in [6.07, 6.45) is 3.71. The van der Waals surface area contributed by atoms with E-state index in [9.17, 15) is 4.79 Å². The minimum absolute atomic E-state index is 0.0506. The summed E-state index contributed by atoms with van der Waals surface area (Å²) in [6.45, 7) is 0.616. The first-order valence-corrected chi connectivity index (χ1v) is 9.90. The number of hydrogen-bond acceptors (Lipinski definition) is 4. The predicted molar refractivity (Wildman–Crippen MR) is 113 cm³/mol. The van der Waals surface area contributed by atoms with Crippen molar-refractivity contribution in [3.05, 3.63) is 69.8 Å². The van der Waals surface area contributed by atoms with Gasteiger partial charge in [-0.25, -0.2) is 0 Å². The quantitative estimate of drug-likeness (QED) is 0.500. The van der Waals surface area contributed by atoms with Crippen LogP contribution in [0, 0.1) is 0 Å². The molecule has 0 atom stereocenters. The van der Waals surface area contributed by atoms with Gasteiger partial charge in [0.15, 0.2) is 5.17 Å². The van der Waals surface area contributed by atoms with Crippen LogP contribution in [0.15, 0.2) is 58.9 Å². The van der Waals surface area contributed by atoms with Gasteiger partial charge < -0.3 is 9.88 Å². The Bertz CT molecular complexity index is 1090. The van der Waals surface area contributed by atoms with E-state index >= 15 is 0 Å². The van der Waals surface area contributed by atoms with Crippen LogP contribution < -0.4 is 5.32 Å². The molecule has 136 valence electrons. The number of hydrogen-bond donors (Lipinski definition) is 1. The smallest absolute Gasteiger partial charge is 0.236 e. The van der Waals surface area contributed by atoms with Gasteiger partial charge in [-0.3, -0.25) is 4.79 Å². The second kappa shape index (κ2) is 7.76. The molecule has 2 aromatic carbocycles. The number of para-hydroxylation sites is 1. The molecule has 3 aromatic rings. The highest BCUT2D eigenvalue weighted by Gasteiger charge is 2.16. The average molecular weight is 417 g/mol. The summed E-state index contributed by atoms with van der Waals surface area (Å²) < 4.78 is 2.12. The molecule has 5 nitrogen and oxygen atoms in total. The number of benzene rings is 2. The molecular formula is C19H14Cl2N4OS. The summed E-state index contributed by atoms with van der Waals surface area (Å²) >= 11 is 13.7. The van der Waals surface area contributed by atoms with Gasteiger partial charge in [0.1, 0.15) is 0 Å². The predicted octanol–water partition coefficient (Wildman–Crippen LogP) is 4.55. The number of amides is 1. The van der Waals surface area contributed by atoms with Crippen molar-refractivity contribution in [1.29, 1.82) is 0 Å². The number of carbonyl (C=O) groups excluding carboxylic acids is 1. The standard InChI is InChI=1S/C19H14Cl2N4OS/c20-14-6-5-12(16(21)7-14)9-25-10-13(15-3-1-2-4-17(15)25)8-22-24-19-23-18(26)11-27-19/h1-8,10H,9,11H2,(H,23,24,26)/b22-8-. The van der Waals surface area contributed by atoms with Crippen LogP contribution in [-0.2, 0) is 11.3 Å². The molecule has 2 heterocycles. The molecular weight excluding hydrogens is 403 g/mol. The summed E-state index contributed by atoms with van der Waals surface area (Å²) in [7, 11) is 0. The van der Waals surface area contributed by atoms with E-state index in [-0.39, 0.29) is 5.91 Å². The number of rotatable bonds is 4. The van der Waals surface area contributed by atoms with Gasteiger partial charge in [0, 0.05) is 39.3 Å². The largest absolute Gasteiger partial charge is 0.342 e. The first-order chi connectivity index (χ1) is 13.1. The molecule has 1 aromatic heterocycles. The SMILES string of the molecule is O=C1CS/C(=N\N=C/c2cn(Cc3ccc(Cl)cc3Cl)c3ccccc23)N1. The zero-order chi connectivity index (χ0) is 18.8. The number of aromatic nitrogens is 1. The molecule has 1 N–H and O–H groups in total. The van der Waals surface area contributed by atoms with E-state index in [2.05, 4.69) is 26.2 Å². The number of fused-ring (bicyclic) bond motifs is 1. The van der Waals surface area contributed by atoms with Crippen molar-refractivity contribution >= 4 is 63.2 Å². The van der Waals surface area contributed by atoms with E-state index in [1.165, 1.54) is 11.8 Å². The highest BCUT2D eigenvalue weighted by Crippen LogP contribution is 2.25. The van der Waals surface area contributed by atoms with Crippen LogP contribution in [0.3, 0.4) is 0 Å². The van der Waals surface area contributed by atoms with Crippen LogP contribution in [0.4, 0.5) is 0 Å². The summed E-state index contributed by atoms with van der Waals surface area (Å²) in [6, 6.07) is 13.6. The van der Waals surface area contributed by atoms with Crippen LogP contribution in [0.1, 0.15) is 11.1 Å². The summed E-state index contributed by atoms with van der Waals surface area (Å²) in [4.78, 5) is 11.2. The lowest BCUT2D eigenvalue weighted by Crippen LogP contribution is -2.19. The number of nitrogens with zero attached hydrogens (tertiary/aromatic N) is 3. The Balaban J connectivity index is 1.65. The maximum atomic E-state index is 11.2. The summed E-state index contributed by atoms with van der Waals surface area (Å²) in [5, 5.41) is 13.7. The minimum atomic E-state index is -0.0506. The van der Waals surface area contributed by atoms with Gasteiger partial charge in [-0.1, -0.05) is 59.2 Å². The number of nitrogens with one attached hydrogen (secondary N) is 1. The highest BCUT2D eigenvalue weighted by atomic mass is 35.5. The van der Waals surface area contributed by atoms with Crippen LogP contribution >= 0.6 is 35.0 Å². The Kier molecular flexibility index (Phi) is 5.20. The third-order valence-corrected chi connectivity index (χ3v) is 5.56. The second-order valence-electron chi connectivity index (χ2n) is 5.95. The lowest BCUT2D eigenvalue weighted by molar-refractivity contribution is -0.116. The molecule has 27 heavy (non-hydrogen) atoms. The molecule has 1 saturated heterocycles. The number of thioether (sulfide) groups is 1. The van der Waals surface area contributed by atoms with Gasteiger partial charge in [-0.2, -0.15) is 5.10 Å². The lowest BCUT2D eigenvalue weighted by atomic mass is 10.2. The number of amidine groups is 1. The van der Waals surface area contributed by atoms with Crippen molar-refractivity contribution in [1.82, 2.24) is 9.88 Å². The van der Waals surface area contributed by atoms with Crippen molar-refractivity contribution in [3.63, 3.8) is 0 Å². The van der Waals surface area contributed by atoms with Crippen molar-refractivity contribution in [2.45, 2.75) is 6.54 Å². The first-order valence-electron chi connectivity index (χ1n) is 8.15. The molecule has 8 heteroatoms. The Morgan fingerprint density at radius 2 is 2.07 bits per heavy atom. The average Bonchev–Trinajstić information content (AvgIpc) is 3.22. The molecule has 1 amide bonds. The maximum Gasteiger partial charge on any atom is 0.236 e. The van der Waals surface area contributed by atoms with Crippen LogP contribution in [0.2, 0.25) is 10.0 Å². The number of carbonyl (C=O) groups is 1. The monoisotopic (exact) mass is 416 g/mol. The Morgan fingerprint density at radius 1 is 1.22 bits per heavy atom. The van der Waals surface area contributed by atoms with Gasteiger partial charge in [-0.15, -0.1) is 5.10 Å². The summed E-state index contributed by atoms with van der Waals surface area (Å²) in [5.41, 5.74) is 2.99. The van der Waals surface area contributed by atoms with Crippen LogP contribution in [-0.4, -0.2) is 27.6 Å². The van der Waals surface area contributed by atoms with E-state index in [0.29, 0.717) is 27.5 Å². The fraction of sp³-hybridized carbons (Fsp3) is 0.105. The summed E-state index contributed by atoms with van der Waals surface area (Å²) in [5.74, 6) is 0.334. The molecule has 0 unspecified atom stereocenters. The van der Waals surface area contributed by atoms with E-state index in [1.54, 1.807) is 12.3 Å². The topological polar surface area (TPSA) is 58.8 Å². The molecule has 1 aliphatic rings. The maximum absolute atomic E-state index is 11.2. The lowest BCUT2D eigenvalue weighted by Gasteiger charge is -2.08. The highest BCUT2D eigenvalue weighted by molar-refractivity contribution is 8.15. The molecule has 1 aliphatic heterocycles. The van der Waals surface area contributed by atoms with Crippen molar-refractivity contribution in [2.75, 3.05) is 5.75 Å². The third kappa shape index (κ3) is 4.03. The van der Waals surface area contributed by atoms with Crippen molar-refractivity contribution in [3.8, 4) is 0 Å². The fourth-order valence-electron chi connectivity index (χ4n) is 2.87. The third-order valence-electron chi connectivity index (χ3n) is 4.11. The van der Waals surface area contributed by atoms with E-state index in [0.717, 1.165) is 22.0 Å². The van der Waals surface area contributed by atoms with Gasteiger partial charge >= 0.3 is 0 Å². The second-order valence-corrected chi connectivity index (χ2v) is 7.76. The molecule has 0 aliphatic carbocycles. The molecule has 0 saturated carbocycles. The number of halogens is 2. The van der Waals surface area contributed by atoms with Crippen molar-refractivity contribution < 1.29 is 4.79 Å². The molecule has 0 radical (unpaired) electrons. The van der Waals surface area contributed by atoms with E-state index in [1.807, 2.05) is 36.5 Å². The van der Waals surface area contributed by atoms with Crippen LogP contribution in [0.25, 0.3) is 10.9 Å². The van der Waals surface area contributed by atoms with E-state index < -0.39 is 0 Å². The normalized spacial score (nSPS) is 15.9. The molecule has 0 bridgehead atoms. The fourth-order valence-corrected chi connectivity index (χ4v) is 3.96. The van der Waals surface area contributed by atoms with E-state index in [4.69, 9.17) is 23.2 Å². The zero-order valence-corrected chi connectivity index (χ0v) is 16.4. The van der Waals surface area contributed by atoms with Crippen LogP contribution in [0.5, 0.6) is 0 Å². The van der Waals surface area contributed by atoms with Gasteiger partial charge in [0.2, 0.25) is 5.91 Å². The van der Waals surface area contributed by atoms with Gasteiger partial charge in [-0.05, 0) is 23.8 Å². The molecule has 4 rings (SSSR count). The zero-order valence-electron chi connectivity index (χ0n) is 14.0. The van der Waals surface area contributed by atoms with Crippen molar-refractivity contribution in [2.24, 2.45) is 10.2 Å². The molecule has 1 fully saturated rings. The molecule has 0 spiro atoms. The Labute approximate surface area is 170 Å².